The number of unbranched alkanes of at least 4 members (excludes halogenated alkanes) is 3. The van der Waals surface area contributed by atoms with E-state index in [9.17, 15) is 4.79 Å². The monoisotopic (exact) mass is 284 g/mol. The highest BCUT2D eigenvalue weighted by atomic mass is 16.7. The Balaban J connectivity index is 2.30. The quantitative estimate of drug-likeness (QED) is 0.521. The van der Waals surface area contributed by atoms with E-state index in [0.717, 1.165) is 45.1 Å². The number of amides is 1. The first-order valence-electron chi connectivity index (χ1n) is 8.34. The standard InChI is InChI=1S/C16H32N2O2/c1-14(2)18(20-15-10-6-5-7-11-15)16(19)12-8-3-4-9-13-17/h14-15H,3-13,17H2,1-2H3. The molecule has 0 aromatic carbocycles. The third-order valence-electron chi connectivity index (χ3n) is 3.87. The molecular weight excluding hydrogens is 252 g/mol. The molecule has 4 nitrogen and oxygen atoms in total. The zero-order valence-electron chi connectivity index (χ0n) is 13.3. The van der Waals surface area contributed by atoms with E-state index in [1.165, 1.54) is 19.3 Å². The summed E-state index contributed by atoms with van der Waals surface area (Å²) in [5.41, 5.74) is 5.47. The third kappa shape index (κ3) is 6.71. The molecule has 0 heterocycles. The van der Waals surface area contributed by atoms with Crippen molar-refractivity contribution in [1.29, 1.82) is 0 Å². The molecule has 0 aliphatic heterocycles. The van der Waals surface area contributed by atoms with Gasteiger partial charge in [-0.3, -0.25) is 9.63 Å². The van der Waals surface area contributed by atoms with Crippen LogP contribution in [0.2, 0.25) is 0 Å². The van der Waals surface area contributed by atoms with Gasteiger partial charge in [-0.25, -0.2) is 5.06 Å². The fourth-order valence-corrected chi connectivity index (χ4v) is 2.68. The normalized spacial score (nSPS) is 16.6. The molecule has 118 valence electrons. The molecule has 0 atom stereocenters. The van der Waals surface area contributed by atoms with Gasteiger partial charge in [0.15, 0.2) is 0 Å². The Hall–Kier alpha value is -0.610. The molecular formula is C16H32N2O2. The summed E-state index contributed by atoms with van der Waals surface area (Å²) in [4.78, 5) is 18.2. The first kappa shape index (κ1) is 17.4. The van der Waals surface area contributed by atoms with Gasteiger partial charge in [0.05, 0.1) is 12.1 Å². The molecule has 1 rings (SSSR count). The van der Waals surface area contributed by atoms with Crippen molar-refractivity contribution >= 4 is 5.91 Å². The Morgan fingerprint density at radius 3 is 2.40 bits per heavy atom. The van der Waals surface area contributed by atoms with Crippen molar-refractivity contribution in [1.82, 2.24) is 5.06 Å². The van der Waals surface area contributed by atoms with Crippen LogP contribution in [0.1, 0.15) is 78.1 Å². The molecule has 20 heavy (non-hydrogen) atoms. The van der Waals surface area contributed by atoms with Crippen LogP contribution in [0.4, 0.5) is 0 Å². The third-order valence-corrected chi connectivity index (χ3v) is 3.87. The van der Waals surface area contributed by atoms with E-state index in [0.29, 0.717) is 6.42 Å². The largest absolute Gasteiger partial charge is 0.330 e. The average Bonchev–Trinajstić information content (AvgIpc) is 2.45. The van der Waals surface area contributed by atoms with Gasteiger partial charge in [-0.1, -0.05) is 32.1 Å². The second kappa shape index (κ2) is 10.2. The van der Waals surface area contributed by atoms with Crippen LogP contribution >= 0.6 is 0 Å². The fourth-order valence-electron chi connectivity index (χ4n) is 2.68. The number of rotatable bonds is 9. The molecule has 1 fully saturated rings. The lowest BCUT2D eigenvalue weighted by molar-refractivity contribution is -0.222. The van der Waals surface area contributed by atoms with Gasteiger partial charge in [0.1, 0.15) is 0 Å². The minimum atomic E-state index is 0.119. The minimum absolute atomic E-state index is 0.119. The minimum Gasteiger partial charge on any atom is -0.330 e. The van der Waals surface area contributed by atoms with Crippen LogP contribution < -0.4 is 5.73 Å². The Morgan fingerprint density at radius 1 is 1.15 bits per heavy atom. The maximum absolute atomic E-state index is 12.3. The molecule has 4 heteroatoms. The number of hydrogen-bond acceptors (Lipinski definition) is 3. The van der Waals surface area contributed by atoms with Gasteiger partial charge < -0.3 is 5.73 Å². The number of carbonyl (C=O) groups excluding carboxylic acids is 1. The van der Waals surface area contributed by atoms with E-state index in [4.69, 9.17) is 10.6 Å². The van der Waals surface area contributed by atoms with Crippen LogP contribution in [0.3, 0.4) is 0 Å². The van der Waals surface area contributed by atoms with Gasteiger partial charge in [-0.2, -0.15) is 0 Å². The molecule has 0 unspecified atom stereocenters. The summed E-state index contributed by atoms with van der Waals surface area (Å²) in [7, 11) is 0. The first-order valence-corrected chi connectivity index (χ1v) is 8.34. The van der Waals surface area contributed by atoms with Gasteiger partial charge in [-0.05, 0) is 46.1 Å². The van der Waals surface area contributed by atoms with Crippen LogP contribution in [-0.2, 0) is 9.63 Å². The van der Waals surface area contributed by atoms with E-state index >= 15 is 0 Å². The number of hydroxylamine groups is 2. The molecule has 0 radical (unpaired) electrons. The highest BCUT2D eigenvalue weighted by molar-refractivity contribution is 5.75. The number of carbonyl (C=O) groups is 1. The van der Waals surface area contributed by atoms with E-state index in [1.807, 2.05) is 13.8 Å². The highest BCUT2D eigenvalue weighted by Crippen LogP contribution is 2.22. The van der Waals surface area contributed by atoms with Crippen molar-refractivity contribution in [3.8, 4) is 0 Å². The van der Waals surface area contributed by atoms with Crippen LogP contribution in [-0.4, -0.2) is 29.7 Å². The molecule has 0 spiro atoms. The molecule has 1 saturated carbocycles. The van der Waals surface area contributed by atoms with Crippen LogP contribution in [0.15, 0.2) is 0 Å². The molecule has 1 aliphatic carbocycles. The van der Waals surface area contributed by atoms with E-state index < -0.39 is 0 Å². The predicted octanol–water partition coefficient (Wildman–Crippen LogP) is 3.40. The summed E-state index contributed by atoms with van der Waals surface area (Å²) in [5.74, 6) is 0.137. The Morgan fingerprint density at radius 2 is 1.80 bits per heavy atom. The molecule has 0 bridgehead atoms. The van der Waals surface area contributed by atoms with Crippen molar-refractivity contribution in [2.45, 2.75) is 90.2 Å². The summed E-state index contributed by atoms with van der Waals surface area (Å²) in [6, 6.07) is 0.119. The van der Waals surface area contributed by atoms with Crippen molar-refractivity contribution in [2.75, 3.05) is 6.54 Å². The lowest BCUT2D eigenvalue weighted by Gasteiger charge is -2.32. The molecule has 0 saturated heterocycles. The zero-order chi connectivity index (χ0) is 14.8. The summed E-state index contributed by atoms with van der Waals surface area (Å²) in [6.45, 7) is 4.79. The lowest BCUT2D eigenvalue weighted by atomic mass is 9.98. The second-order valence-electron chi connectivity index (χ2n) is 6.13. The van der Waals surface area contributed by atoms with Crippen molar-refractivity contribution in [2.24, 2.45) is 5.73 Å². The van der Waals surface area contributed by atoms with Gasteiger partial charge in [0.2, 0.25) is 5.91 Å². The lowest BCUT2D eigenvalue weighted by Crippen LogP contribution is -2.40. The van der Waals surface area contributed by atoms with E-state index in [-0.39, 0.29) is 18.1 Å². The molecule has 1 aliphatic rings. The van der Waals surface area contributed by atoms with Crippen molar-refractivity contribution in [3.63, 3.8) is 0 Å². The number of nitrogens with two attached hydrogens (primary N) is 1. The smallest absolute Gasteiger partial charge is 0.246 e. The van der Waals surface area contributed by atoms with E-state index in [1.54, 1.807) is 5.06 Å². The molecule has 2 N–H and O–H groups in total. The molecule has 0 aromatic rings. The summed E-state index contributed by atoms with van der Waals surface area (Å²) >= 11 is 0. The summed E-state index contributed by atoms with van der Waals surface area (Å²) in [6.07, 6.45) is 11.0. The van der Waals surface area contributed by atoms with E-state index in [2.05, 4.69) is 0 Å². The Kier molecular flexibility index (Phi) is 8.86. The second-order valence-corrected chi connectivity index (χ2v) is 6.13. The maximum atomic E-state index is 12.3. The van der Waals surface area contributed by atoms with Crippen LogP contribution in [0.5, 0.6) is 0 Å². The van der Waals surface area contributed by atoms with Crippen LogP contribution in [0, 0.1) is 0 Å². The first-order chi connectivity index (χ1) is 9.65. The fraction of sp³-hybridized carbons (Fsp3) is 0.938. The van der Waals surface area contributed by atoms with Gasteiger partial charge in [-0.15, -0.1) is 0 Å². The zero-order valence-corrected chi connectivity index (χ0v) is 13.3. The predicted molar refractivity (Wildman–Crippen MR) is 82.1 cm³/mol. The SMILES string of the molecule is CC(C)N(OC1CCCCC1)C(=O)CCCCCCN. The van der Waals surface area contributed by atoms with Gasteiger partial charge in [0, 0.05) is 6.42 Å². The molecule has 0 aromatic heterocycles. The topological polar surface area (TPSA) is 55.6 Å². The summed E-state index contributed by atoms with van der Waals surface area (Å²) < 4.78 is 0. The highest BCUT2D eigenvalue weighted by Gasteiger charge is 2.23. The Bertz CT molecular complexity index is 263. The summed E-state index contributed by atoms with van der Waals surface area (Å²) in [5, 5.41) is 1.62. The Labute approximate surface area is 124 Å². The van der Waals surface area contributed by atoms with Crippen molar-refractivity contribution in [3.05, 3.63) is 0 Å². The number of nitrogens with zero attached hydrogens (tertiary/aromatic N) is 1. The van der Waals surface area contributed by atoms with Crippen molar-refractivity contribution < 1.29 is 9.63 Å². The number of hydrogen-bond donors (Lipinski definition) is 1. The van der Waals surface area contributed by atoms with Gasteiger partial charge >= 0.3 is 0 Å². The average molecular weight is 284 g/mol. The molecule has 1 amide bonds. The van der Waals surface area contributed by atoms with Crippen LogP contribution in [0.25, 0.3) is 0 Å². The van der Waals surface area contributed by atoms with Gasteiger partial charge in [0.25, 0.3) is 0 Å². The maximum Gasteiger partial charge on any atom is 0.246 e.